The summed E-state index contributed by atoms with van der Waals surface area (Å²) in [5.41, 5.74) is 1.99. The van der Waals surface area contributed by atoms with Crippen LogP contribution in [0.2, 0.25) is 0 Å². The fourth-order valence-corrected chi connectivity index (χ4v) is 4.64. The van der Waals surface area contributed by atoms with Gasteiger partial charge in [0.25, 0.3) is 5.91 Å². The van der Waals surface area contributed by atoms with Gasteiger partial charge in [0.2, 0.25) is 11.9 Å². The second-order valence-electron chi connectivity index (χ2n) is 8.94. The van der Waals surface area contributed by atoms with Gasteiger partial charge in [0.15, 0.2) is 0 Å². The molecule has 1 saturated carbocycles. The molecule has 0 bridgehead atoms. The average molecular weight is 449 g/mol. The van der Waals surface area contributed by atoms with E-state index in [9.17, 15) is 9.59 Å². The number of rotatable bonds is 5. The molecule has 4 N–H and O–H groups in total. The van der Waals surface area contributed by atoms with Gasteiger partial charge in [-0.05, 0) is 37.8 Å². The third-order valence-electron chi connectivity index (χ3n) is 6.38. The van der Waals surface area contributed by atoms with Gasteiger partial charge in [-0.3, -0.25) is 9.59 Å². The average Bonchev–Trinajstić information content (AvgIpc) is 3.29. The number of H-pyrrole nitrogens is 1. The number of amides is 2. The lowest BCUT2D eigenvalue weighted by molar-refractivity contribution is -0.124. The third kappa shape index (κ3) is 4.33. The van der Waals surface area contributed by atoms with Crippen LogP contribution in [0.1, 0.15) is 41.9 Å². The second kappa shape index (κ2) is 8.68. The normalized spacial score (nSPS) is 22.4. The molecule has 0 spiro atoms. The minimum absolute atomic E-state index is 0.0884. The van der Waals surface area contributed by atoms with Gasteiger partial charge in [-0.1, -0.05) is 12.1 Å². The van der Waals surface area contributed by atoms with E-state index in [2.05, 4.69) is 25.9 Å². The van der Waals surface area contributed by atoms with Crippen LogP contribution in [-0.4, -0.2) is 64.0 Å². The van der Waals surface area contributed by atoms with E-state index in [-0.39, 0.29) is 23.9 Å². The Balaban J connectivity index is 1.17. The van der Waals surface area contributed by atoms with E-state index >= 15 is 0 Å². The first-order valence-electron chi connectivity index (χ1n) is 11.3. The highest BCUT2D eigenvalue weighted by atomic mass is 16.2. The molecule has 1 atom stereocenters. The Kier molecular flexibility index (Phi) is 5.57. The first-order chi connectivity index (χ1) is 16.0. The molecule has 1 aliphatic heterocycles. The monoisotopic (exact) mass is 448 g/mol. The summed E-state index contributed by atoms with van der Waals surface area (Å²) in [5.74, 6) is 1.07. The Morgan fingerprint density at radius 3 is 2.64 bits per heavy atom. The summed E-state index contributed by atoms with van der Waals surface area (Å²) in [5, 5.41) is 10.4. The molecule has 3 aromatic rings. The highest BCUT2D eigenvalue weighted by Gasteiger charge is 2.32. The summed E-state index contributed by atoms with van der Waals surface area (Å²) in [6.07, 6.45) is 5.43. The number of carbonyl (C=O) groups is 2. The first-order valence-corrected chi connectivity index (χ1v) is 11.3. The Morgan fingerprint density at radius 1 is 1.09 bits per heavy atom. The van der Waals surface area contributed by atoms with Crippen LogP contribution in [0.25, 0.3) is 10.9 Å². The number of aromatic nitrogens is 4. The lowest BCUT2D eigenvalue weighted by Crippen LogP contribution is -2.53. The SMILES string of the molecule is CN(C)c1nc(NC2CCC(NC(=O)C3Cc4[nH]cnc4C(=O)N3)CC2)nc2ccccc12. The fourth-order valence-electron chi connectivity index (χ4n) is 4.64. The van der Waals surface area contributed by atoms with Crippen molar-refractivity contribution in [3.63, 3.8) is 0 Å². The smallest absolute Gasteiger partial charge is 0.272 e. The van der Waals surface area contributed by atoms with Crippen LogP contribution in [0.15, 0.2) is 30.6 Å². The van der Waals surface area contributed by atoms with E-state index in [0.717, 1.165) is 42.4 Å². The minimum Gasteiger partial charge on any atom is -0.362 e. The maximum absolute atomic E-state index is 12.7. The van der Waals surface area contributed by atoms with Crippen molar-refractivity contribution in [1.29, 1.82) is 0 Å². The van der Waals surface area contributed by atoms with Crippen molar-refractivity contribution in [2.45, 2.75) is 50.2 Å². The summed E-state index contributed by atoms with van der Waals surface area (Å²) >= 11 is 0. The molecule has 33 heavy (non-hydrogen) atoms. The van der Waals surface area contributed by atoms with Crippen LogP contribution < -0.4 is 20.9 Å². The van der Waals surface area contributed by atoms with E-state index in [0.29, 0.717) is 23.8 Å². The van der Waals surface area contributed by atoms with E-state index < -0.39 is 6.04 Å². The number of imidazole rings is 1. The summed E-state index contributed by atoms with van der Waals surface area (Å²) < 4.78 is 0. The number of hydrogen-bond acceptors (Lipinski definition) is 7. The Morgan fingerprint density at radius 2 is 1.85 bits per heavy atom. The van der Waals surface area contributed by atoms with Crippen LogP contribution in [0, 0.1) is 0 Å². The maximum Gasteiger partial charge on any atom is 0.272 e. The summed E-state index contributed by atoms with van der Waals surface area (Å²) in [6.45, 7) is 0. The fraction of sp³-hybridized carbons (Fsp3) is 0.435. The number of carbonyl (C=O) groups excluding carboxylic acids is 2. The van der Waals surface area contributed by atoms with Crippen molar-refractivity contribution >= 4 is 34.5 Å². The Labute approximate surface area is 191 Å². The predicted molar refractivity (Wildman–Crippen MR) is 125 cm³/mol. The highest BCUT2D eigenvalue weighted by molar-refractivity contribution is 5.99. The van der Waals surface area contributed by atoms with Gasteiger partial charge in [-0.2, -0.15) is 4.98 Å². The number of aromatic amines is 1. The molecule has 10 nitrogen and oxygen atoms in total. The van der Waals surface area contributed by atoms with Gasteiger partial charge in [0, 0.05) is 38.0 Å². The zero-order valence-electron chi connectivity index (χ0n) is 18.8. The molecule has 0 radical (unpaired) electrons. The molecule has 1 fully saturated rings. The van der Waals surface area contributed by atoms with Crippen LogP contribution >= 0.6 is 0 Å². The summed E-state index contributed by atoms with van der Waals surface area (Å²) in [4.78, 5) is 43.2. The summed E-state index contributed by atoms with van der Waals surface area (Å²) in [7, 11) is 3.96. The Hall–Kier alpha value is -3.69. The van der Waals surface area contributed by atoms with Crippen molar-refractivity contribution in [2.75, 3.05) is 24.3 Å². The number of benzene rings is 1. The molecular weight excluding hydrogens is 420 g/mol. The van der Waals surface area contributed by atoms with Crippen molar-refractivity contribution in [2.24, 2.45) is 0 Å². The lowest BCUT2D eigenvalue weighted by Gasteiger charge is -2.31. The summed E-state index contributed by atoms with van der Waals surface area (Å²) in [6, 6.07) is 7.77. The number of nitrogens with one attached hydrogen (secondary N) is 4. The molecular formula is C23H28N8O2. The number of fused-ring (bicyclic) bond motifs is 2. The molecule has 172 valence electrons. The van der Waals surface area contributed by atoms with Crippen LogP contribution in [0.5, 0.6) is 0 Å². The topological polar surface area (TPSA) is 128 Å². The third-order valence-corrected chi connectivity index (χ3v) is 6.38. The zero-order valence-corrected chi connectivity index (χ0v) is 18.8. The lowest BCUT2D eigenvalue weighted by atomic mass is 9.91. The van der Waals surface area contributed by atoms with Crippen molar-refractivity contribution < 1.29 is 9.59 Å². The predicted octanol–water partition coefficient (Wildman–Crippen LogP) is 1.61. The molecule has 3 heterocycles. The standard InChI is InChI=1S/C23H28N8O2/c1-31(2)20-15-5-3-4-6-16(15)29-23(30-20)27-14-9-7-13(8-10-14)26-21(32)18-11-17-19(22(33)28-18)25-12-24-17/h3-6,12-14,18H,7-11H2,1-2H3,(H,24,25)(H,26,32)(H,28,33)(H,27,29,30). The number of para-hydroxylation sites is 1. The largest absolute Gasteiger partial charge is 0.362 e. The molecule has 10 heteroatoms. The van der Waals surface area contributed by atoms with Gasteiger partial charge in [-0.25, -0.2) is 9.97 Å². The maximum atomic E-state index is 12.7. The van der Waals surface area contributed by atoms with Gasteiger partial charge in [0.1, 0.15) is 17.6 Å². The van der Waals surface area contributed by atoms with Crippen molar-refractivity contribution in [3.05, 3.63) is 42.0 Å². The van der Waals surface area contributed by atoms with Gasteiger partial charge < -0.3 is 25.8 Å². The van der Waals surface area contributed by atoms with Gasteiger partial charge in [0.05, 0.1) is 17.5 Å². The van der Waals surface area contributed by atoms with Gasteiger partial charge in [-0.15, -0.1) is 0 Å². The molecule has 1 aliphatic carbocycles. The van der Waals surface area contributed by atoms with E-state index in [4.69, 9.17) is 9.97 Å². The molecule has 2 aromatic heterocycles. The van der Waals surface area contributed by atoms with Crippen LogP contribution in [0.3, 0.4) is 0 Å². The van der Waals surface area contributed by atoms with E-state index in [1.165, 1.54) is 6.33 Å². The molecule has 5 rings (SSSR count). The van der Waals surface area contributed by atoms with Crippen LogP contribution in [0.4, 0.5) is 11.8 Å². The highest BCUT2D eigenvalue weighted by Crippen LogP contribution is 2.26. The zero-order chi connectivity index (χ0) is 22.9. The minimum atomic E-state index is -0.572. The van der Waals surface area contributed by atoms with E-state index in [1.807, 2.05) is 43.3 Å². The Bertz CT molecular complexity index is 1180. The number of hydrogen-bond donors (Lipinski definition) is 4. The van der Waals surface area contributed by atoms with Gasteiger partial charge >= 0.3 is 0 Å². The molecule has 2 amide bonds. The van der Waals surface area contributed by atoms with E-state index in [1.54, 1.807) is 0 Å². The quantitative estimate of drug-likeness (QED) is 0.467. The number of nitrogens with zero attached hydrogens (tertiary/aromatic N) is 4. The molecule has 1 unspecified atom stereocenters. The van der Waals surface area contributed by atoms with Crippen LogP contribution in [-0.2, 0) is 11.2 Å². The molecule has 1 aromatic carbocycles. The molecule has 2 aliphatic rings. The second-order valence-corrected chi connectivity index (χ2v) is 8.94. The number of anilines is 2. The molecule has 0 saturated heterocycles. The first kappa shape index (κ1) is 21.2. The van der Waals surface area contributed by atoms with Crippen molar-refractivity contribution in [3.8, 4) is 0 Å². The van der Waals surface area contributed by atoms with Crippen molar-refractivity contribution in [1.82, 2.24) is 30.6 Å².